The predicted molar refractivity (Wildman–Crippen MR) is 128 cm³/mol. The Kier molecular flexibility index (Phi) is 6.52. The first kappa shape index (κ1) is 20.8. The first-order valence-electron chi connectivity index (χ1n) is 9.88. The van der Waals surface area contributed by atoms with Gasteiger partial charge in [0.15, 0.2) is 11.6 Å². The standard InChI is InChI=1S/C24H22N6O2/c1-31-19-9-5-7-17(13-19)15-25-27-23-21-11-3-4-12-22(21)24(30-29-23)28-26-16-18-8-6-10-20(14-18)32-2/h3-16H,1-2H3,(H,27,29)(H,28,30)/b25-15-,26-16-. The SMILES string of the molecule is COc1cccc(/C=N\Nc2nnc(N/N=C\c3cccc(OC)c3)c3ccccc23)c1. The van der Waals surface area contributed by atoms with Gasteiger partial charge in [0.05, 0.1) is 26.6 Å². The van der Waals surface area contributed by atoms with E-state index in [4.69, 9.17) is 9.47 Å². The van der Waals surface area contributed by atoms with Crippen LogP contribution in [0, 0.1) is 0 Å². The molecule has 1 heterocycles. The highest BCUT2D eigenvalue weighted by atomic mass is 16.5. The molecule has 1 aromatic heterocycles. The van der Waals surface area contributed by atoms with Gasteiger partial charge in [-0.15, -0.1) is 10.2 Å². The Labute approximate surface area is 185 Å². The second kappa shape index (κ2) is 10.0. The van der Waals surface area contributed by atoms with Gasteiger partial charge in [-0.25, -0.2) is 0 Å². The molecule has 0 spiro atoms. The molecule has 4 aromatic rings. The first-order valence-corrected chi connectivity index (χ1v) is 9.88. The lowest BCUT2D eigenvalue weighted by Gasteiger charge is -2.08. The first-order chi connectivity index (χ1) is 15.8. The lowest BCUT2D eigenvalue weighted by Crippen LogP contribution is -2.01. The number of fused-ring (bicyclic) bond motifs is 1. The topological polar surface area (TPSA) is 93.0 Å². The van der Waals surface area contributed by atoms with Crippen LogP contribution < -0.4 is 20.3 Å². The zero-order valence-electron chi connectivity index (χ0n) is 17.7. The maximum absolute atomic E-state index is 5.23. The lowest BCUT2D eigenvalue weighted by molar-refractivity contribution is 0.414. The monoisotopic (exact) mass is 426 g/mol. The van der Waals surface area contributed by atoms with Crippen molar-refractivity contribution in [3.05, 3.63) is 83.9 Å². The summed E-state index contributed by atoms with van der Waals surface area (Å²) in [5.41, 5.74) is 7.74. The summed E-state index contributed by atoms with van der Waals surface area (Å²) >= 11 is 0. The number of nitrogens with zero attached hydrogens (tertiary/aromatic N) is 4. The maximum atomic E-state index is 5.23. The van der Waals surface area contributed by atoms with Gasteiger partial charge in [-0.05, 0) is 35.4 Å². The van der Waals surface area contributed by atoms with E-state index in [2.05, 4.69) is 31.3 Å². The molecule has 0 unspecified atom stereocenters. The fraction of sp³-hybridized carbons (Fsp3) is 0.0833. The highest BCUT2D eigenvalue weighted by Crippen LogP contribution is 2.26. The van der Waals surface area contributed by atoms with Gasteiger partial charge in [0.25, 0.3) is 0 Å². The summed E-state index contributed by atoms with van der Waals surface area (Å²) in [5.74, 6) is 2.62. The molecule has 0 fully saturated rings. The highest BCUT2D eigenvalue weighted by Gasteiger charge is 2.08. The van der Waals surface area contributed by atoms with E-state index in [1.807, 2.05) is 72.8 Å². The van der Waals surface area contributed by atoms with E-state index in [9.17, 15) is 0 Å². The van der Waals surface area contributed by atoms with Gasteiger partial charge in [-0.3, -0.25) is 10.9 Å². The minimum Gasteiger partial charge on any atom is -0.497 e. The third kappa shape index (κ3) is 4.99. The van der Waals surface area contributed by atoms with Crippen molar-refractivity contribution in [1.82, 2.24) is 10.2 Å². The van der Waals surface area contributed by atoms with Crippen LogP contribution in [0.4, 0.5) is 11.6 Å². The fourth-order valence-electron chi connectivity index (χ4n) is 3.05. The molecule has 160 valence electrons. The number of benzene rings is 3. The van der Waals surface area contributed by atoms with Gasteiger partial charge in [0, 0.05) is 10.8 Å². The molecule has 8 nitrogen and oxygen atoms in total. The maximum Gasteiger partial charge on any atom is 0.176 e. The van der Waals surface area contributed by atoms with Crippen molar-refractivity contribution >= 4 is 34.8 Å². The largest absolute Gasteiger partial charge is 0.497 e. The molecule has 0 radical (unpaired) electrons. The number of methoxy groups -OCH3 is 2. The summed E-state index contributed by atoms with van der Waals surface area (Å²) in [7, 11) is 3.26. The number of hydrogen-bond donors (Lipinski definition) is 2. The van der Waals surface area contributed by atoms with Crippen LogP contribution in [0.3, 0.4) is 0 Å². The molecule has 0 saturated heterocycles. The van der Waals surface area contributed by atoms with Crippen LogP contribution >= 0.6 is 0 Å². The molecular weight excluding hydrogens is 404 g/mol. The number of ether oxygens (including phenoxy) is 2. The van der Waals surface area contributed by atoms with Gasteiger partial charge < -0.3 is 9.47 Å². The van der Waals surface area contributed by atoms with Crippen molar-refractivity contribution in [2.75, 3.05) is 25.1 Å². The lowest BCUT2D eigenvalue weighted by atomic mass is 10.2. The van der Waals surface area contributed by atoms with Crippen molar-refractivity contribution in [3.8, 4) is 11.5 Å². The zero-order chi connectivity index (χ0) is 22.2. The normalized spacial score (nSPS) is 11.2. The van der Waals surface area contributed by atoms with Gasteiger partial charge >= 0.3 is 0 Å². The molecule has 8 heteroatoms. The third-order valence-corrected chi connectivity index (χ3v) is 4.64. The quantitative estimate of drug-likeness (QED) is 0.317. The van der Waals surface area contributed by atoms with Crippen LogP contribution in [-0.2, 0) is 0 Å². The molecule has 0 aliphatic carbocycles. The molecule has 0 aliphatic heterocycles. The Balaban J connectivity index is 1.52. The zero-order valence-corrected chi connectivity index (χ0v) is 17.7. The molecule has 4 rings (SSSR count). The Hall–Kier alpha value is -4.46. The second-order valence-corrected chi connectivity index (χ2v) is 6.74. The molecule has 0 amide bonds. The smallest absolute Gasteiger partial charge is 0.176 e. The van der Waals surface area contributed by atoms with Gasteiger partial charge in [0.1, 0.15) is 11.5 Å². The van der Waals surface area contributed by atoms with Gasteiger partial charge in [0.2, 0.25) is 0 Å². The van der Waals surface area contributed by atoms with Crippen LogP contribution in [0.1, 0.15) is 11.1 Å². The van der Waals surface area contributed by atoms with E-state index in [-0.39, 0.29) is 0 Å². The molecule has 2 N–H and O–H groups in total. The summed E-state index contributed by atoms with van der Waals surface area (Å²) in [6, 6.07) is 23.0. The number of rotatable bonds is 8. The Morgan fingerprint density at radius 1 is 0.656 bits per heavy atom. The minimum absolute atomic E-state index is 0.544. The van der Waals surface area contributed by atoms with Crippen LogP contribution in [0.15, 0.2) is 83.0 Å². The fourth-order valence-corrected chi connectivity index (χ4v) is 3.05. The molecule has 0 atom stereocenters. The number of hydrazone groups is 2. The molecule has 32 heavy (non-hydrogen) atoms. The summed E-state index contributed by atoms with van der Waals surface area (Å²) in [5, 5.41) is 18.8. The van der Waals surface area contributed by atoms with E-state index < -0.39 is 0 Å². The number of anilines is 2. The number of nitrogens with one attached hydrogen (secondary N) is 2. The van der Waals surface area contributed by atoms with Crippen molar-refractivity contribution < 1.29 is 9.47 Å². The number of aromatic nitrogens is 2. The van der Waals surface area contributed by atoms with Gasteiger partial charge in [-0.2, -0.15) is 10.2 Å². The Bertz CT molecular complexity index is 1170. The van der Waals surface area contributed by atoms with E-state index in [1.165, 1.54) is 0 Å². The van der Waals surface area contributed by atoms with Crippen molar-refractivity contribution in [1.29, 1.82) is 0 Å². The third-order valence-electron chi connectivity index (χ3n) is 4.64. The van der Waals surface area contributed by atoms with Crippen LogP contribution in [-0.4, -0.2) is 36.8 Å². The predicted octanol–water partition coefficient (Wildman–Crippen LogP) is 4.54. The molecular formula is C24H22N6O2. The van der Waals surface area contributed by atoms with Crippen LogP contribution in [0.2, 0.25) is 0 Å². The highest BCUT2D eigenvalue weighted by molar-refractivity contribution is 5.98. The van der Waals surface area contributed by atoms with Crippen molar-refractivity contribution in [2.45, 2.75) is 0 Å². The van der Waals surface area contributed by atoms with E-state index >= 15 is 0 Å². The summed E-state index contributed by atoms with van der Waals surface area (Å²) < 4.78 is 10.5. The average Bonchev–Trinajstić information content (AvgIpc) is 2.85. The molecule has 3 aromatic carbocycles. The van der Waals surface area contributed by atoms with E-state index in [0.29, 0.717) is 11.6 Å². The second-order valence-electron chi connectivity index (χ2n) is 6.74. The summed E-state index contributed by atoms with van der Waals surface area (Å²) in [6.07, 6.45) is 3.40. The van der Waals surface area contributed by atoms with E-state index in [0.717, 1.165) is 33.4 Å². The molecule has 0 bridgehead atoms. The van der Waals surface area contributed by atoms with Crippen molar-refractivity contribution in [2.24, 2.45) is 10.2 Å². The summed E-state index contributed by atoms with van der Waals surface area (Å²) in [4.78, 5) is 0. The van der Waals surface area contributed by atoms with Crippen LogP contribution in [0.5, 0.6) is 11.5 Å². The Morgan fingerprint density at radius 3 is 1.56 bits per heavy atom. The number of hydrogen-bond acceptors (Lipinski definition) is 8. The summed E-state index contributed by atoms with van der Waals surface area (Å²) in [6.45, 7) is 0. The Morgan fingerprint density at radius 2 is 1.12 bits per heavy atom. The average molecular weight is 426 g/mol. The molecule has 0 aliphatic rings. The van der Waals surface area contributed by atoms with Crippen LogP contribution in [0.25, 0.3) is 10.8 Å². The minimum atomic E-state index is 0.544. The van der Waals surface area contributed by atoms with Crippen molar-refractivity contribution in [3.63, 3.8) is 0 Å². The molecule has 0 saturated carbocycles. The van der Waals surface area contributed by atoms with E-state index in [1.54, 1.807) is 26.6 Å². The van der Waals surface area contributed by atoms with Gasteiger partial charge in [-0.1, -0.05) is 48.5 Å².